The first-order valence-electron chi connectivity index (χ1n) is 6.48. The fourth-order valence-corrected chi connectivity index (χ4v) is 2.64. The van der Waals surface area contributed by atoms with Crippen LogP contribution in [0.25, 0.3) is 0 Å². The Morgan fingerprint density at radius 1 is 1.33 bits per heavy atom. The van der Waals surface area contributed by atoms with E-state index >= 15 is 0 Å². The Hall–Kier alpha value is -2.20. The number of rotatable bonds is 3. The highest BCUT2D eigenvalue weighted by Gasteiger charge is 2.32. The van der Waals surface area contributed by atoms with Crippen molar-refractivity contribution < 1.29 is 0 Å². The summed E-state index contributed by atoms with van der Waals surface area (Å²) in [6.45, 7) is 1.69. The van der Waals surface area contributed by atoms with Crippen LogP contribution in [-0.4, -0.2) is 41.1 Å². The van der Waals surface area contributed by atoms with Crippen molar-refractivity contribution in [2.75, 3.05) is 29.9 Å². The van der Waals surface area contributed by atoms with E-state index in [2.05, 4.69) is 46.8 Å². The van der Waals surface area contributed by atoms with Gasteiger partial charge < -0.3 is 9.80 Å². The molecule has 7 heteroatoms. The molecule has 0 N–H and O–H groups in total. The topological polar surface area (TPSA) is 68.9 Å². The van der Waals surface area contributed by atoms with Crippen LogP contribution in [0, 0.1) is 11.3 Å². The van der Waals surface area contributed by atoms with E-state index in [1.54, 1.807) is 30.9 Å². The summed E-state index contributed by atoms with van der Waals surface area (Å²) in [5, 5.41) is 9.23. The van der Waals surface area contributed by atoms with Crippen LogP contribution in [0.4, 0.5) is 11.6 Å². The molecule has 0 aromatic carbocycles. The van der Waals surface area contributed by atoms with Crippen molar-refractivity contribution in [1.82, 2.24) is 15.0 Å². The third-order valence-corrected chi connectivity index (χ3v) is 4.01. The minimum Gasteiger partial charge on any atom is -0.352 e. The second kappa shape index (κ2) is 5.66. The van der Waals surface area contributed by atoms with E-state index in [-0.39, 0.29) is 0 Å². The molecule has 1 aliphatic rings. The molecule has 1 fully saturated rings. The number of halogens is 1. The van der Waals surface area contributed by atoms with Gasteiger partial charge in [0.25, 0.3) is 0 Å². The zero-order chi connectivity index (χ0) is 14.8. The van der Waals surface area contributed by atoms with E-state index in [1.807, 2.05) is 7.05 Å². The Bertz CT molecular complexity index is 678. The molecule has 2 aromatic heterocycles. The van der Waals surface area contributed by atoms with Gasteiger partial charge in [0.2, 0.25) is 0 Å². The van der Waals surface area contributed by atoms with Gasteiger partial charge in [0, 0.05) is 43.2 Å². The summed E-state index contributed by atoms with van der Waals surface area (Å²) in [7, 11) is 1.97. The average Bonchev–Trinajstić information content (AvgIpc) is 2.46. The number of likely N-dealkylation sites (N-methyl/N-ethyl adjacent to an activating group) is 1. The van der Waals surface area contributed by atoms with Gasteiger partial charge in [-0.1, -0.05) is 0 Å². The highest BCUT2D eigenvalue weighted by molar-refractivity contribution is 9.10. The molecule has 0 bridgehead atoms. The lowest BCUT2D eigenvalue weighted by atomic mass is 10.1. The van der Waals surface area contributed by atoms with Crippen molar-refractivity contribution >= 4 is 27.6 Å². The van der Waals surface area contributed by atoms with Crippen molar-refractivity contribution in [2.45, 2.75) is 6.04 Å². The molecule has 0 atom stereocenters. The quantitative estimate of drug-likeness (QED) is 0.845. The van der Waals surface area contributed by atoms with Gasteiger partial charge in [-0.25, -0.2) is 9.97 Å². The number of aromatic nitrogens is 3. The molecule has 1 aliphatic heterocycles. The normalized spacial score (nSPS) is 14.4. The molecular weight excluding hydrogens is 332 g/mol. The molecule has 3 rings (SSSR count). The highest BCUT2D eigenvalue weighted by Crippen LogP contribution is 2.26. The second-order valence-corrected chi connectivity index (χ2v) is 5.79. The zero-order valence-electron chi connectivity index (χ0n) is 11.4. The lowest BCUT2D eigenvalue weighted by Gasteiger charge is -2.45. The van der Waals surface area contributed by atoms with Gasteiger partial charge in [-0.2, -0.15) is 5.26 Å². The van der Waals surface area contributed by atoms with Crippen molar-refractivity contribution in [3.05, 3.63) is 40.9 Å². The molecular formula is C14H13BrN6. The van der Waals surface area contributed by atoms with Gasteiger partial charge in [-0.05, 0) is 22.0 Å². The van der Waals surface area contributed by atoms with Crippen LogP contribution >= 0.6 is 15.9 Å². The van der Waals surface area contributed by atoms with Crippen LogP contribution in [-0.2, 0) is 0 Å². The van der Waals surface area contributed by atoms with E-state index in [0.717, 1.165) is 23.4 Å². The van der Waals surface area contributed by atoms with Crippen LogP contribution in [0.15, 0.2) is 35.3 Å². The minimum atomic E-state index is 0.313. The number of nitriles is 1. The van der Waals surface area contributed by atoms with Crippen molar-refractivity contribution in [2.24, 2.45) is 0 Å². The Labute approximate surface area is 131 Å². The molecule has 21 heavy (non-hydrogen) atoms. The maximum atomic E-state index is 9.23. The predicted molar refractivity (Wildman–Crippen MR) is 83.1 cm³/mol. The molecule has 3 heterocycles. The summed E-state index contributed by atoms with van der Waals surface area (Å²) < 4.78 is 0.811. The minimum absolute atomic E-state index is 0.313. The number of nitrogens with zero attached hydrogens (tertiary/aromatic N) is 6. The number of pyridine rings is 1. The van der Waals surface area contributed by atoms with Crippen LogP contribution in [0.2, 0.25) is 0 Å². The average molecular weight is 345 g/mol. The fraction of sp³-hybridized carbons (Fsp3) is 0.286. The third kappa shape index (κ3) is 2.67. The molecule has 106 valence electrons. The van der Waals surface area contributed by atoms with Crippen LogP contribution < -0.4 is 9.80 Å². The molecule has 0 amide bonds. The molecule has 0 aliphatic carbocycles. The van der Waals surface area contributed by atoms with Gasteiger partial charge >= 0.3 is 0 Å². The SMILES string of the molecule is CN(c1ncc(Br)cc1C#N)C1CN(c2cnccn2)C1. The Morgan fingerprint density at radius 2 is 2.14 bits per heavy atom. The highest BCUT2D eigenvalue weighted by atomic mass is 79.9. The molecule has 0 radical (unpaired) electrons. The summed E-state index contributed by atoms with van der Waals surface area (Å²) in [5.74, 6) is 1.59. The van der Waals surface area contributed by atoms with Gasteiger partial charge in [-0.3, -0.25) is 4.98 Å². The summed E-state index contributed by atoms with van der Waals surface area (Å²) >= 11 is 3.34. The number of anilines is 2. The van der Waals surface area contributed by atoms with Crippen LogP contribution in [0.3, 0.4) is 0 Å². The molecule has 1 saturated heterocycles. The van der Waals surface area contributed by atoms with Gasteiger partial charge in [-0.15, -0.1) is 0 Å². The van der Waals surface area contributed by atoms with E-state index < -0.39 is 0 Å². The van der Waals surface area contributed by atoms with Crippen molar-refractivity contribution in [3.63, 3.8) is 0 Å². The molecule has 0 spiro atoms. The van der Waals surface area contributed by atoms with E-state index in [4.69, 9.17) is 0 Å². The Balaban J connectivity index is 1.71. The number of hydrogen-bond acceptors (Lipinski definition) is 6. The van der Waals surface area contributed by atoms with Crippen molar-refractivity contribution in [3.8, 4) is 6.07 Å². The zero-order valence-corrected chi connectivity index (χ0v) is 13.0. The lowest BCUT2D eigenvalue weighted by Crippen LogP contribution is -2.59. The molecule has 6 nitrogen and oxygen atoms in total. The molecule has 0 unspecified atom stereocenters. The molecule has 0 saturated carbocycles. The summed E-state index contributed by atoms with van der Waals surface area (Å²) in [6.07, 6.45) is 6.83. The lowest BCUT2D eigenvalue weighted by molar-refractivity contribution is 0.489. The first kappa shape index (κ1) is 13.8. The Kier molecular flexibility index (Phi) is 3.71. The van der Waals surface area contributed by atoms with Crippen LogP contribution in [0.5, 0.6) is 0 Å². The smallest absolute Gasteiger partial charge is 0.147 e. The number of hydrogen-bond donors (Lipinski definition) is 0. The summed E-state index contributed by atoms with van der Waals surface area (Å²) in [5.41, 5.74) is 0.574. The Morgan fingerprint density at radius 3 is 2.81 bits per heavy atom. The monoisotopic (exact) mass is 344 g/mol. The molecule has 2 aromatic rings. The largest absolute Gasteiger partial charge is 0.352 e. The fourth-order valence-electron chi connectivity index (χ4n) is 2.31. The van der Waals surface area contributed by atoms with E-state index in [1.165, 1.54) is 0 Å². The maximum Gasteiger partial charge on any atom is 0.147 e. The van der Waals surface area contributed by atoms with Gasteiger partial charge in [0.05, 0.1) is 17.8 Å². The first-order valence-corrected chi connectivity index (χ1v) is 7.28. The summed E-state index contributed by atoms with van der Waals surface area (Å²) in [4.78, 5) is 16.9. The van der Waals surface area contributed by atoms with E-state index in [9.17, 15) is 5.26 Å². The second-order valence-electron chi connectivity index (χ2n) is 4.87. The first-order chi connectivity index (χ1) is 10.2. The van der Waals surface area contributed by atoms with Gasteiger partial charge in [0.15, 0.2) is 0 Å². The van der Waals surface area contributed by atoms with Crippen LogP contribution in [0.1, 0.15) is 5.56 Å². The maximum absolute atomic E-state index is 9.23. The standard InChI is InChI=1S/C14H13BrN6/c1-20(14-10(5-16)4-11(15)6-19-14)12-8-21(9-12)13-7-17-2-3-18-13/h2-4,6-7,12H,8-9H2,1H3. The third-order valence-electron chi connectivity index (χ3n) is 3.57. The predicted octanol–water partition coefficient (Wildman–Crippen LogP) is 1.83. The van der Waals surface area contributed by atoms with Gasteiger partial charge in [0.1, 0.15) is 17.7 Å². The van der Waals surface area contributed by atoms with E-state index in [0.29, 0.717) is 17.4 Å². The summed E-state index contributed by atoms with van der Waals surface area (Å²) in [6, 6.07) is 4.30. The van der Waals surface area contributed by atoms with Crippen molar-refractivity contribution in [1.29, 1.82) is 5.26 Å².